The molecule has 0 radical (unpaired) electrons. The van der Waals surface area contributed by atoms with Gasteiger partial charge in [-0.15, -0.1) is 0 Å². The van der Waals surface area contributed by atoms with E-state index in [1.807, 2.05) is 0 Å². The molecule has 0 saturated carbocycles. The van der Waals surface area contributed by atoms with Gasteiger partial charge < -0.3 is 0 Å². The first-order valence-corrected chi connectivity index (χ1v) is 7.23. The first-order chi connectivity index (χ1) is 8.18. The fraction of sp³-hybridized carbons (Fsp3) is 0.667. The van der Waals surface area contributed by atoms with Crippen molar-refractivity contribution in [1.29, 1.82) is 0 Å². The molecule has 18 heavy (non-hydrogen) atoms. The summed E-state index contributed by atoms with van der Waals surface area (Å²) in [6.07, 6.45) is 1.24. The van der Waals surface area contributed by atoms with Crippen LogP contribution in [0.1, 0.15) is 66.4 Å². The maximum atomic E-state index is 2.38. The van der Waals surface area contributed by atoms with Crippen LogP contribution in [-0.4, -0.2) is 0 Å². The van der Waals surface area contributed by atoms with E-state index >= 15 is 0 Å². The normalized spacial score (nSPS) is 16.4. The van der Waals surface area contributed by atoms with Crippen molar-refractivity contribution in [1.82, 2.24) is 0 Å². The van der Waals surface area contributed by atoms with E-state index in [2.05, 4.69) is 78.8 Å². The minimum atomic E-state index is 0.301. The lowest BCUT2D eigenvalue weighted by molar-refractivity contribution is 0.122. The van der Waals surface area contributed by atoms with E-state index in [-0.39, 0.29) is 0 Å². The highest BCUT2D eigenvalue weighted by atomic mass is 14.4. The Morgan fingerprint density at radius 2 is 1.33 bits per heavy atom. The second kappa shape index (κ2) is 5.47. The molecule has 0 heteroatoms. The van der Waals surface area contributed by atoms with Crippen molar-refractivity contribution >= 4 is 0 Å². The number of hydrogen-bond acceptors (Lipinski definition) is 0. The first-order valence-electron chi connectivity index (χ1n) is 7.23. The van der Waals surface area contributed by atoms with Crippen molar-refractivity contribution in [3.05, 3.63) is 35.9 Å². The fourth-order valence-electron chi connectivity index (χ4n) is 3.34. The van der Waals surface area contributed by atoms with Crippen LogP contribution in [0, 0.1) is 16.7 Å². The predicted octanol–water partition coefficient (Wildman–Crippen LogP) is 5.89. The van der Waals surface area contributed by atoms with Crippen LogP contribution in [0.5, 0.6) is 0 Å². The lowest BCUT2D eigenvalue weighted by Gasteiger charge is -2.44. The fourth-order valence-corrected chi connectivity index (χ4v) is 3.34. The number of benzene rings is 1. The van der Waals surface area contributed by atoms with Crippen LogP contribution in [0.15, 0.2) is 30.3 Å². The predicted molar refractivity (Wildman–Crippen MR) is 81.9 cm³/mol. The van der Waals surface area contributed by atoms with Crippen LogP contribution in [0.4, 0.5) is 0 Å². The summed E-state index contributed by atoms with van der Waals surface area (Å²) in [6.45, 7) is 16.6. The molecule has 0 bridgehead atoms. The van der Waals surface area contributed by atoms with Crippen molar-refractivity contribution in [3.8, 4) is 0 Å². The zero-order valence-corrected chi connectivity index (χ0v) is 13.2. The summed E-state index contributed by atoms with van der Waals surface area (Å²) < 4.78 is 0. The summed E-state index contributed by atoms with van der Waals surface area (Å²) in [5.41, 5.74) is 2.14. The molecule has 2 atom stereocenters. The third-order valence-electron chi connectivity index (χ3n) is 4.05. The molecule has 1 rings (SSSR count). The topological polar surface area (TPSA) is 0 Å². The summed E-state index contributed by atoms with van der Waals surface area (Å²) in [6, 6.07) is 11.0. The van der Waals surface area contributed by atoms with Gasteiger partial charge in [0.05, 0.1) is 0 Å². The van der Waals surface area contributed by atoms with E-state index in [9.17, 15) is 0 Å². The molecule has 0 nitrogen and oxygen atoms in total. The quantitative estimate of drug-likeness (QED) is 0.624. The monoisotopic (exact) mass is 246 g/mol. The molecule has 0 aliphatic rings. The molecule has 0 N–H and O–H groups in total. The average molecular weight is 246 g/mol. The van der Waals surface area contributed by atoms with E-state index in [0.29, 0.717) is 22.7 Å². The van der Waals surface area contributed by atoms with E-state index in [1.165, 1.54) is 12.0 Å². The maximum Gasteiger partial charge on any atom is -0.00800 e. The molecule has 1 aromatic rings. The second-order valence-corrected chi connectivity index (χ2v) is 7.64. The van der Waals surface area contributed by atoms with Gasteiger partial charge in [0.2, 0.25) is 0 Å². The van der Waals surface area contributed by atoms with Gasteiger partial charge in [0.25, 0.3) is 0 Å². The lowest BCUT2D eigenvalue weighted by atomic mass is 9.61. The van der Waals surface area contributed by atoms with Gasteiger partial charge in [-0.25, -0.2) is 0 Å². The molecular formula is C18H30. The zero-order chi connectivity index (χ0) is 14.0. The Morgan fingerprint density at radius 1 is 0.833 bits per heavy atom. The van der Waals surface area contributed by atoms with E-state index < -0.39 is 0 Å². The van der Waals surface area contributed by atoms with E-state index in [4.69, 9.17) is 0 Å². The van der Waals surface area contributed by atoms with Gasteiger partial charge in [0, 0.05) is 0 Å². The van der Waals surface area contributed by atoms with Crippen molar-refractivity contribution in [3.63, 3.8) is 0 Å². The van der Waals surface area contributed by atoms with Gasteiger partial charge in [-0.05, 0) is 28.2 Å². The zero-order valence-electron chi connectivity index (χ0n) is 13.2. The Labute approximate surface area is 114 Å². The summed E-state index contributed by atoms with van der Waals surface area (Å²) in [5, 5.41) is 0. The van der Waals surface area contributed by atoms with Crippen molar-refractivity contribution in [2.24, 2.45) is 16.7 Å². The Kier molecular flexibility index (Phi) is 4.64. The van der Waals surface area contributed by atoms with E-state index in [1.54, 1.807) is 0 Å². The smallest absolute Gasteiger partial charge is 0.00800 e. The van der Waals surface area contributed by atoms with Crippen LogP contribution in [0.2, 0.25) is 0 Å². The summed E-state index contributed by atoms with van der Waals surface area (Å²) in [4.78, 5) is 0. The molecule has 0 aliphatic heterocycles. The third-order valence-corrected chi connectivity index (χ3v) is 4.05. The molecule has 0 aliphatic carbocycles. The second-order valence-electron chi connectivity index (χ2n) is 7.64. The molecule has 0 fully saturated rings. The molecule has 2 unspecified atom stereocenters. The van der Waals surface area contributed by atoms with Crippen LogP contribution in [0.25, 0.3) is 0 Å². The molecule has 0 amide bonds. The third kappa shape index (κ3) is 3.60. The van der Waals surface area contributed by atoms with Gasteiger partial charge in [0.1, 0.15) is 0 Å². The van der Waals surface area contributed by atoms with Crippen molar-refractivity contribution in [2.45, 2.75) is 60.8 Å². The minimum absolute atomic E-state index is 0.301. The Bertz CT molecular complexity index is 348. The lowest BCUT2D eigenvalue weighted by Crippen LogP contribution is -2.34. The summed E-state index contributed by atoms with van der Waals surface area (Å²) in [7, 11) is 0. The Balaban J connectivity index is 3.22. The molecule has 0 aromatic heterocycles. The van der Waals surface area contributed by atoms with Gasteiger partial charge >= 0.3 is 0 Å². The Morgan fingerprint density at radius 3 is 1.67 bits per heavy atom. The van der Waals surface area contributed by atoms with Crippen LogP contribution < -0.4 is 0 Å². The van der Waals surface area contributed by atoms with Crippen molar-refractivity contribution < 1.29 is 0 Å². The highest BCUT2D eigenvalue weighted by molar-refractivity contribution is 5.23. The number of hydrogen-bond donors (Lipinski definition) is 0. The van der Waals surface area contributed by atoms with Crippen LogP contribution >= 0.6 is 0 Å². The van der Waals surface area contributed by atoms with Gasteiger partial charge in [-0.2, -0.15) is 0 Å². The van der Waals surface area contributed by atoms with Gasteiger partial charge in [-0.1, -0.05) is 85.2 Å². The first kappa shape index (κ1) is 15.3. The average Bonchev–Trinajstić information content (AvgIpc) is 2.23. The Hall–Kier alpha value is -0.780. The van der Waals surface area contributed by atoms with Gasteiger partial charge in [0.15, 0.2) is 0 Å². The minimum Gasteiger partial charge on any atom is -0.0651 e. The largest absolute Gasteiger partial charge is 0.0651 e. The van der Waals surface area contributed by atoms with E-state index in [0.717, 1.165) is 0 Å². The van der Waals surface area contributed by atoms with Crippen molar-refractivity contribution in [2.75, 3.05) is 0 Å². The van der Waals surface area contributed by atoms with Gasteiger partial charge in [-0.3, -0.25) is 0 Å². The molecule has 0 spiro atoms. The molecular weight excluding hydrogens is 216 g/mol. The standard InChI is InChI=1S/C18H30/c1-8-15(17(2,3)4)16(18(5,6)7)14-12-10-9-11-13-14/h9-13,15-16H,8H2,1-7H3. The van der Waals surface area contributed by atoms with Crippen LogP contribution in [0.3, 0.4) is 0 Å². The number of rotatable bonds is 3. The molecule has 0 saturated heterocycles. The maximum absolute atomic E-state index is 2.38. The summed E-state index contributed by atoms with van der Waals surface area (Å²) in [5.74, 6) is 1.32. The highest BCUT2D eigenvalue weighted by Gasteiger charge is 2.38. The molecule has 1 aromatic carbocycles. The van der Waals surface area contributed by atoms with Crippen LogP contribution in [-0.2, 0) is 0 Å². The SMILES string of the molecule is CCC(C(c1ccccc1)C(C)(C)C)C(C)(C)C. The highest BCUT2D eigenvalue weighted by Crippen LogP contribution is 2.48. The molecule has 102 valence electrons. The summed E-state index contributed by atoms with van der Waals surface area (Å²) >= 11 is 0. The molecule has 0 heterocycles.